The molecule has 0 bridgehead atoms. The quantitative estimate of drug-likeness (QED) is 0.569. The highest BCUT2D eigenvalue weighted by Gasteiger charge is 2.29. The summed E-state index contributed by atoms with van der Waals surface area (Å²) in [5.74, 6) is 0.752. The number of carbonyl (C=O) groups excluding carboxylic acids is 1. The topological polar surface area (TPSA) is 98.1 Å². The summed E-state index contributed by atoms with van der Waals surface area (Å²) in [5, 5.41) is 0.0370. The Morgan fingerprint density at radius 1 is 1.47 bits per heavy atom. The zero-order valence-electron chi connectivity index (χ0n) is 7.92. The molecule has 15 heavy (non-hydrogen) atoms. The summed E-state index contributed by atoms with van der Waals surface area (Å²) < 4.78 is 0. The minimum Gasteiger partial charge on any atom is -0.383 e. The average molecular weight is 225 g/mol. The number of thiol groups is 1. The first-order valence-electron chi connectivity index (χ1n) is 4.44. The third-order valence-electron chi connectivity index (χ3n) is 2.13. The van der Waals surface area contributed by atoms with Gasteiger partial charge in [0.15, 0.2) is 0 Å². The third-order valence-corrected chi connectivity index (χ3v) is 2.48. The van der Waals surface area contributed by atoms with Crippen molar-refractivity contribution in [3.8, 4) is 0 Å². The van der Waals surface area contributed by atoms with E-state index >= 15 is 0 Å². The lowest BCUT2D eigenvalue weighted by Gasteiger charge is -2.15. The maximum absolute atomic E-state index is 11.5. The van der Waals surface area contributed by atoms with E-state index in [0.29, 0.717) is 18.8 Å². The van der Waals surface area contributed by atoms with Crippen molar-refractivity contribution in [3.05, 3.63) is 6.07 Å². The maximum Gasteiger partial charge on any atom is 0.229 e. The molecule has 0 spiro atoms. The molecule has 6 nitrogen and oxygen atoms in total. The SMILES string of the molecule is Nc1cc(N2CC(S)CC2=O)nc(N)n1. The van der Waals surface area contributed by atoms with Crippen LogP contribution in [0.25, 0.3) is 0 Å². The van der Waals surface area contributed by atoms with Crippen LogP contribution in [0.1, 0.15) is 6.42 Å². The molecule has 1 unspecified atom stereocenters. The van der Waals surface area contributed by atoms with Crippen molar-refractivity contribution in [2.45, 2.75) is 11.7 Å². The zero-order chi connectivity index (χ0) is 11.0. The summed E-state index contributed by atoms with van der Waals surface area (Å²) in [7, 11) is 0. The molecule has 0 radical (unpaired) electrons. The lowest BCUT2D eigenvalue weighted by Crippen LogP contribution is -2.26. The molecular weight excluding hydrogens is 214 g/mol. The van der Waals surface area contributed by atoms with Gasteiger partial charge in [0.05, 0.1) is 0 Å². The first kappa shape index (κ1) is 10.0. The minimum absolute atomic E-state index is 0.0208. The molecule has 80 valence electrons. The van der Waals surface area contributed by atoms with Gasteiger partial charge in [0.2, 0.25) is 11.9 Å². The Balaban J connectivity index is 2.33. The number of anilines is 3. The van der Waals surface area contributed by atoms with E-state index in [2.05, 4.69) is 22.6 Å². The standard InChI is InChI=1S/C8H11N5OS/c9-5-2-6(12-8(10)11-5)13-3-4(15)1-7(13)14/h2,4,15H,1,3H2,(H4,9,10,11,12). The summed E-state index contributed by atoms with van der Waals surface area (Å²) >= 11 is 4.24. The molecule has 2 rings (SSSR count). The molecule has 7 heteroatoms. The van der Waals surface area contributed by atoms with Gasteiger partial charge >= 0.3 is 0 Å². The Morgan fingerprint density at radius 2 is 2.20 bits per heavy atom. The van der Waals surface area contributed by atoms with Crippen molar-refractivity contribution in [2.75, 3.05) is 22.9 Å². The van der Waals surface area contributed by atoms with Gasteiger partial charge in [-0.1, -0.05) is 0 Å². The van der Waals surface area contributed by atoms with E-state index in [4.69, 9.17) is 11.5 Å². The van der Waals surface area contributed by atoms with Crippen LogP contribution in [-0.2, 0) is 4.79 Å². The van der Waals surface area contributed by atoms with Crippen LogP contribution in [0.3, 0.4) is 0 Å². The molecule has 1 aromatic rings. The van der Waals surface area contributed by atoms with Crippen LogP contribution in [0.2, 0.25) is 0 Å². The molecule has 1 amide bonds. The second-order valence-electron chi connectivity index (χ2n) is 3.37. The lowest BCUT2D eigenvalue weighted by atomic mass is 10.4. The number of nitrogens with zero attached hydrogens (tertiary/aromatic N) is 3. The molecule has 0 aliphatic carbocycles. The van der Waals surface area contributed by atoms with E-state index in [-0.39, 0.29) is 22.9 Å². The van der Waals surface area contributed by atoms with Gasteiger partial charge in [-0.15, -0.1) is 0 Å². The van der Waals surface area contributed by atoms with Crippen LogP contribution in [0.4, 0.5) is 17.6 Å². The largest absolute Gasteiger partial charge is 0.383 e. The second-order valence-corrected chi connectivity index (χ2v) is 4.10. The monoisotopic (exact) mass is 225 g/mol. The van der Waals surface area contributed by atoms with Gasteiger partial charge < -0.3 is 11.5 Å². The van der Waals surface area contributed by atoms with Crippen molar-refractivity contribution < 1.29 is 4.79 Å². The second kappa shape index (κ2) is 3.58. The van der Waals surface area contributed by atoms with Gasteiger partial charge in [-0.3, -0.25) is 9.69 Å². The van der Waals surface area contributed by atoms with Crippen LogP contribution >= 0.6 is 12.6 Å². The molecule has 1 saturated heterocycles. The molecular formula is C8H11N5OS. The number of hydrogen-bond donors (Lipinski definition) is 3. The number of hydrogen-bond acceptors (Lipinski definition) is 6. The fourth-order valence-electron chi connectivity index (χ4n) is 1.52. The van der Waals surface area contributed by atoms with Crippen LogP contribution in [0.15, 0.2) is 6.07 Å². The van der Waals surface area contributed by atoms with Crippen LogP contribution in [0, 0.1) is 0 Å². The normalized spacial score (nSPS) is 21.0. The Bertz CT molecular complexity index is 390. The van der Waals surface area contributed by atoms with E-state index in [0.717, 1.165) is 0 Å². The van der Waals surface area contributed by atoms with Crippen LogP contribution in [-0.4, -0.2) is 27.7 Å². The minimum atomic E-state index is -0.0208. The molecule has 1 aliphatic rings. The van der Waals surface area contributed by atoms with Gasteiger partial charge in [0.1, 0.15) is 11.6 Å². The van der Waals surface area contributed by atoms with Gasteiger partial charge in [0.25, 0.3) is 0 Å². The zero-order valence-corrected chi connectivity index (χ0v) is 8.82. The number of carbonyl (C=O) groups is 1. The van der Waals surface area contributed by atoms with Crippen molar-refractivity contribution in [1.29, 1.82) is 0 Å². The van der Waals surface area contributed by atoms with Crippen LogP contribution < -0.4 is 16.4 Å². The number of rotatable bonds is 1. The molecule has 2 heterocycles. The van der Waals surface area contributed by atoms with Gasteiger partial charge in [0, 0.05) is 24.3 Å². The predicted molar refractivity (Wildman–Crippen MR) is 60.6 cm³/mol. The number of aromatic nitrogens is 2. The Kier molecular flexibility index (Phi) is 2.39. The Morgan fingerprint density at radius 3 is 2.73 bits per heavy atom. The molecule has 0 saturated carbocycles. The Hall–Kier alpha value is -1.50. The number of nitrogens with two attached hydrogens (primary N) is 2. The highest BCUT2D eigenvalue weighted by Crippen LogP contribution is 2.23. The van der Waals surface area contributed by atoms with Gasteiger partial charge in [-0.25, -0.2) is 0 Å². The molecule has 4 N–H and O–H groups in total. The summed E-state index contributed by atoms with van der Waals surface area (Å²) in [6.07, 6.45) is 0.410. The van der Waals surface area contributed by atoms with E-state index in [1.54, 1.807) is 0 Å². The van der Waals surface area contributed by atoms with E-state index in [9.17, 15) is 4.79 Å². The molecule has 0 aromatic carbocycles. The van der Waals surface area contributed by atoms with Crippen molar-refractivity contribution in [1.82, 2.24) is 9.97 Å². The molecule has 1 atom stereocenters. The van der Waals surface area contributed by atoms with E-state index in [1.165, 1.54) is 11.0 Å². The average Bonchev–Trinajstić information content (AvgIpc) is 2.43. The first-order valence-corrected chi connectivity index (χ1v) is 4.96. The van der Waals surface area contributed by atoms with Crippen molar-refractivity contribution in [3.63, 3.8) is 0 Å². The highest BCUT2D eigenvalue weighted by atomic mass is 32.1. The first-order chi connectivity index (χ1) is 7.06. The molecule has 1 aliphatic heterocycles. The smallest absolute Gasteiger partial charge is 0.229 e. The van der Waals surface area contributed by atoms with Gasteiger partial charge in [-0.2, -0.15) is 22.6 Å². The Labute approximate surface area is 92.1 Å². The van der Waals surface area contributed by atoms with Crippen molar-refractivity contribution >= 4 is 36.1 Å². The summed E-state index contributed by atoms with van der Waals surface area (Å²) in [6.45, 7) is 0.526. The number of nitrogen functional groups attached to an aromatic ring is 2. The highest BCUT2D eigenvalue weighted by molar-refractivity contribution is 7.81. The fraction of sp³-hybridized carbons (Fsp3) is 0.375. The number of amides is 1. The van der Waals surface area contributed by atoms with Gasteiger partial charge in [-0.05, 0) is 0 Å². The summed E-state index contributed by atoms with van der Waals surface area (Å²) in [4.78, 5) is 20.8. The maximum atomic E-state index is 11.5. The third kappa shape index (κ3) is 1.96. The molecule has 1 aromatic heterocycles. The summed E-state index contributed by atoms with van der Waals surface area (Å²) in [5.41, 5.74) is 11.0. The summed E-state index contributed by atoms with van der Waals surface area (Å²) in [6, 6.07) is 1.53. The molecule has 1 fully saturated rings. The van der Waals surface area contributed by atoms with E-state index in [1.807, 2.05) is 0 Å². The van der Waals surface area contributed by atoms with Crippen LogP contribution in [0.5, 0.6) is 0 Å². The predicted octanol–water partition coefficient (Wildman–Crippen LogP) is -0.324. The lowest BCUT2D eigenvalue weighted by molar-refractivity contribution is -0.117. The van der Waals surface area contributed by atoms with E-state index < -0.39 is 0 Å². The fourth-order valence-corrected chi connectivity index (χ4v) is 1.84. The van der Waals surface area contributed by atoms with Crippen molar-refractivity contribution in [2.24, 2.45) is 0 Å².